The number of piperidine rings is 1. The SMILES string of the molecule is CC1(C)CCN(C(=O)c2ccc(Br)s2)CC1O. The second-order valence-corrected chi connectivity index (χ2v) is 7.57. The van der Waals surface area contributed by atoms with Gasteiger partial charge in [0.15, 0.2) is 0 Å². The molecule has 1 N–H and O–H groups in total. The normalized spacial score (nSPS) is 23.8. The van der Waals surface area contributed by atoms with E-state index in [9.17, 15) is 9.90 Å². The summed E-state index contributed by atoms with van der Waals surface area (Å²) >= 11 is 4.79. The third-order valence-electron chi connectivity index (χ3n) is 3.39. The maximum atomic E-state index is 12.2. The topological polar surface area (TPSA) is 40.5 Å². The summed E-state index contributed by atoms with van der Waals surface area (Å²) in [6.45, 7) is 5.24. The van der Waals surface area contributed by atoms with Crippen molar-refractivity contribution < 1.29 is 9.90 Å². The zero-order chi connectivity index (χ0) is 12.6. The monoisotopic (exact) mass is 317 g/mol. The Morgan fingerprint density at radius 1 is 1.59 bits per heavy atom. The highest BCUT2D eigenvalue weighted by molar-refractivity contribution is 9.11. The van der Waals surface area contributed by atoms with E-state index < -0.39 is 6.10 Å². The predicted molar refractivity (Wildman–Crippen MR) is 72.3 cm³/mol. The average molecular weight is 318 g/mol. The van der Waals surface area contributed by atoms with Gasteiger partial charge < -0.3 is 10.0 Å². The van der Waals surface area contributed by atoms with Gasteiger partial charge >= 0.3 is 0 Å². The van der Waals surface area contributed by atoms with Crippen LogP contribution in [0.4, 0.5) is 0 Å². The fourth-order valence-corrected chi connectivity index (χ4v) is 3.26. The highest BCUT2D eigenvalue weighted by atomic mass is 79.9. The van der Waals surface area contributed by atoms with E-state index in [0.717, 1.165) is 21.6 Å². The first-order valence-corrected chi connectivity index (χ1v) is 7.24. The molecule has 94 valence electrons. The first-order chi connectivity index (χ1) is 7.90. The molecule has 1 aromatic rings. The molecule has 1 fully saturated rings. The fourth-order valence-electron chi connectivity index (χ4n) is 1.91. The van der Waals surface area contributed by atoms with E-state index in [2.05, 4.69) is 15.9 Å². The van der Waals surface area contributed by atoms with Gasteiger partial charge in [0.1, 0.15) is 0 Å². The van der Waals surface area contributed by atoms with E-state index in [1.165, 1.54) is 11.3 Å². The number of nitrogens with zero attached hydrogens (tertiary/aromatic N) is 1. The summed E-state index contributed by atoms with van der Waals surface area (Å²) in [6.07, 6.45) is 0.399. The molecule has 0 spiro atoms. The molecule has 2 heterocycles. The van der Waals surface area contributed by atoms with Crippen molar-refractivity contribution in [2.75, 3.05) is 13.1 Å². The lowest BCUT2D eigenvalue weighted by Gasteiger charge is -2.41. The Morgan fingerprint density at radius 2 is 2.29 bits per heavy atom. The molecule has 1 atom stereocenters. The van der Waals surface area contributed by atoms with Gasteiger partial charge in [0.05, 0.1) is 14.8 Å². The maximum Gasteiger partial charge on any atom is 0.264 e. The van der Waals surface area contributed by atoms with Crippen LogP contribution in [0, 0.1) is 5.41 Å². The Bertz CT molecular complexity index is 430. The lowest BCUT2D eigenvalue weighted by molar-refractivity contribution is -0.0189. The van der Waals surface area contributed by atoms with Crippen molar-refractivity contribution >= 4 is 33.2 Å². The van der Waals surface area contributed by atoms with Crippen molar-refractivity contribution in [3.8, 4) is 0 Å². The van der Waals surface area contributed by atoms with Crippen molar-refractivity contribution in [3.05, 3.63) is 20.8 Å². The highest BCUT2D eigenvalue weighted by Gasteiger charge is 2.36. The number of halogens is 1. The molecule has 1 aliphatic rings. The molecule has 0 radical (unpaired) electrons. The minimum absolute atomic E-state index is 0.0234. The van der Waals surface area contributed by atoms with Crippen LogP contribution < -0.4 is 0 Å². The summed E-state index contributed by atoms with van der Waals surface area (Å²) in [5.41, 5.74) is -0.0905. The van der Waals surface area contributed by atoms with Gasteiger partial charge in [-0.3, -0.25) is 4.79 Å². The van der Waals surface area contributed by atoms with Gasteiger partial charge in [0.25, 0.3) is 5.91 Å². The van der Waals surface area contributed by atoms with Crippen LogP contribution in [-0.4, -0.2) is 35.1 Å². The summed E-state index contributed by atoms with van der Waals surface area (Å²) in [4.78, 5) is 14.6. The number of thiophene rings is 1. The molecule has 1 saturated heterocycles. The molecule has 0 saturated carbocycles. The number of carbonyl (C=O) groups excluding carboxylic acids is 1. The third kappa shape index (κ3) is 2.72. The summed E-state index contributed by atoms with van der Waals surface area (Å²) in [7, 11) is 0. The van der Waals surface area contributed by atoms with Gasteiger partial charge in [-0.1, -0.05) is 13.8 Å². The number of amides is 1. The number of rotatable bonds is 1. The fraction of sp³-hybridized carbons (Fsp3) is 0.583. The highest BCUT2D eigenvalue weighted by Crippen LogP contribution is 2.32. The molecule has 0 aliphatic carbocycles. The molecule has 1 aliphatic heterocycles. The van der Waals surface area contributed by atoms with E-state index in [4.69, 9.17) is 0 Å². The Labute approximate surface area is 114 Å². The van der Waals surface area contributed by atoms with E-state index >= 15 is 0 Å². The lowest BCUT2D eigenvalue weighted by Crippen LogP contribution is -2.50. The largest absolute Gasteiger partial charge is 0.391 e. The van der Waals surface area contributed by atoms with Crippen molar-refractivity contribution in [2.45, 2.75) is 26.4 Å². The Balaban J connectivity index is 2.08. The maximum absolute atomic E-state index is 12.2. The van der Waals surface area contributed by atoms with Crippen molar-refractivity contribution in [1.29, 1.82) is 0 Å². The van der Waals surface area contributed by atoms with Crippen LogP contribution in [0.1, 0.15) is 29.9 Å². The predicted octanol–water partition coefficient (Wildman–Crippen LogP) is 2.74. The molecular weight excluding hydrogens is 302 g/mol. The zero-order valence-corrected chi connectivity index (χ0v) is 12.3. The second kappa shape index (κ2) is 4.71. The van der Waals surface area contributed by atoms with Crippen LogP contribution in [0.15, 0.2) is 15.9 Å². The van der Waals surface area contributed by atoms with Gasteiger partial charge in [-0.15, -0.1) is 11.3 Å². The number of β-amino-alcohol motifs (C(OH)–C–C–N with tert-alkyl or cyclic N) is 1. The molecule has 0 aromatic carbocycles. The van der Waals surface area contributed by atoms with Gasteiger partial charge in [0.2, 0.25) is 0 Å². The molecule has 1 amide bonds. The molecule has 0 bridgehead atoms. The number of hydrogen-bond acceptors (Lipinski definition) is 3. The Morgan fingerprint density at radius 3 is 2.82 bits per heavy atom. The van der Waals surface area contributed by atoms with Crippen molar-refractivity contribution in [2.24, 2.45) is 5.41 Å². The van der Waals surface area contributed by atoms with Crippen molar-refractivity contribution in [1.82, 2.24) is 4.90 Å². The molecule has 1 unspecified atom stereocenters. The van der Waals surface area contributed by atoms with Crippen LogP contribution in [0.5, 0.6) is 0 Å². The molecule has 17 heavy (non-hydrogen) atoms. The average Bonchev–Trinajstić information content (AvgIpc) is 2.68. The van der Waals surface area contributed by atoms with Crippen LogP contribution >= 0.6 is 27.3 Å². The van der Waals surface area contributed by atoms with Gasteiger partial charge in [-0.05, 0) is 39.9 Å². The minimum Gasteiger partial charge on any atom is -0.391 e. The van der Waals surface area contributed by atoms with E-state index in [-0.39, 0.29) is 11.3 Å². The Kier molecular flexibility index (Phi) is 3.61. The van der Waals surface area contributed by atoms with E-state index in [1.807, 2.05) is 26.0 Å². The molecule has 2 rings (SSSR count). The van der Waals surface area contributed by atoms with E-state index in [0.29, 0.717) is 6.54 Å². The molecule has 5 heteroatoms. The quantitative estimate of drug-likeness (QED) is 0.865. The lowest BCUT2D eigenvalue weighted by atomic mass is 9.80. The smallest absolute Gasteiger partial charge is 0.264 e. The third-order valence-corrected chi connectivity index (χ3v) is 5.00. The second-order valence-electron chi connectivity index (χ2n) is 5.11. The Hall–Kier alpha value is -0.390. The van der Waals surface area contributed by atoms with Gasteiger partial charge in [-0.2, -0.15) is 0 Å². The first kappa shape index (κ1) is 13.1. The number of hydrogen-bond donors (Lipinski definition) is 1. The summed E-state index contributed by atoms with van der Waals surface area (Å²) in [5.74, 6) is 0.0234. The van der Waals surface area contributed by atoms with Crippen LogP contribution in [0.2, 0.25) is 0 Å². The summed E-state index contributed by atoms with van der Waals surface area (Å²) < 4.78 is 0.957. The summed E-state index contributed by atoms with van der Waals surface area (Å²) in [6, 6.07) is 3.70. The standard InChI is InChI=1S/C12H16BrNO2S/c1-12(2)5-6-14(7-9(12)15)11(16)8-3-4-10(13)17-8/h3-4,9,15H,5-7H2,1-2H3. The van der Waals surface area contributed by atoms with Crippen LogP contribution in [0.3, 0.4) is 0 Å². The number of aliphatic hydroxyl groups excluding tert-OH is 1. The number of carbonyl (C=O) groups is 1. The van der Waals surface area contributed by atoms with Crippen molar-refractivity contribution in [3.63, 3.8) is 0 Å². The minimum atomic E-state index is -0.441. The van der Waals surface area contributed by atoms with E-state index in [1.54, 1.807) is 4.90 Å². The number of aliphatic hydroxyl groups is 1. The molecule has 1 aromatic heterocycles. The van der Waals surface area contributed by atoms with Crippen LogP contribution in [-0.2, 0) is 0 Å². The molecular formula is C12H16BrNO2S. The van der Waals surface area contributed by atoms with Gasteiger partial charge in [-0.25, -0.2) is 0 Å². The molecule has 3 nitrogen and oxygen atoms in total. The number of likely N-dealkylation sites (tertiary alicyclic amines) is 1. The first-order valence-electron chi connectivity index (χ1n) is 5.63. The summed E-state index contributed by atoms with van der Waals surface area (Å²) in [5, 5.41) is 10.0. The van der Waals surface area contributed by atoms with Gasteiger partial charge in [0, 0.05) is 13.1 Å². The zero-order valence-electron chi connectivity index (χ0n) is 9.94. The van der Waals surface area contributed by atoms with Crippen LogP contribution in [0.25, 0.3) is 0 Å².